The summed E-state index contributed by atoms with van der Waals surface area (Å²) in [6.07, 6.45) is 5.70. The highest BCUT2D eigenvalue weighted by Gasteiger charge is 2.36. The van der Waals surface area contributed by atoms with Crippen LogP contribution >= 0.6 is 0 Å². The third-order valence-corrected chi connectivity index (χ3v) is 4.63. The van der Waals surface area contributed by atoms with Crippen LogP contribution in [0, 0.1) is 11.8 Å². The number of carbonyl (C=O) groups is 3. The van der Waals surface area contributed by atoms with Gasteiger partial charge in [0.2, 0.25) is 17.7 Å². The Kier molecular flexibility index (Phi) is 5.20. The molecule has 118 valence electrons. The van der Waals surface area contributed by atoms with E-state index in [1.165, 1.54) is 6.92 Å². The van der Waals surface area contributed by atoms with E-state index in [2.05, 4.69) is 5.32 Å². The minimum atomic E-state index is -0.448. The first-order valence-corrected chi connectivity index (χ1v) is 7.84. The van der Waals surface area contributed by atoms with Gasteiger partial charge < -0.3 is 16.0 Å². The average Bonchev–Trinajstić information content (AvgIpc) is 2.98. The number of piperidine rings is 1. The molecule has 2 fully saturated rings. The molecule has 2 rings (SSSR count). The lowest BCUT2D eigenvalue weighted by molar-refractivity contribution is -0.140. The van der Waals surface area contributed by atoms with Crippen molar-refractivity contribution >= 4 is 17.7 Å². The molecule has 1 saturated carbocycles. The van der Waals surface area contributed by atoms with Gasteiger partial charge in [0.15, 0.2) is 0 Å². The highest BCUT2D eigenvalue weighted by atomic mass is 16.2. The molecule has 2 unspecified atom stereocenters. The first-order chi connectivity index (χ1) is 9.99. The SMILES string of the molecule is CC(=O)NC(C(=O)N1CCCC(C(N)=O)C1)C1CCCC1. The summed E-state index contributed by atoms with van der Waals surface area (Å²) in [6.45, 7) is 2.47. The van der Waals surface area contributed by atoms with Crippen LogP contribution in [0.25, 0.3) is 0 Å². The van der Waals surface area contributed by atoms with Crippen molar-refractivity contribution < 1.29 is 14.4 Å². The van der Waals surface area contributed by atoms with Gasteiger partial charge in [-0.3, -0.25) is 14.4 Å². The molecule has 0 aromatic heterocycles. The van der Waals surface area contributed by atoms with E-state index < -0.39 is 6.04 Å². The summed E-state index contributed by atoms with van der Waals surface area (Å²) < 4.78 is 0. The zero-order chi connectivity index (χ0) is 15.4. The smallest absolute Gasteiger partial charge is 0.245 e. The number of likely N-dealkylation sites (tertiary alicyclic amines) is 1. The summed E-state index contributed by atoms with van der Waals surface area (Å²) in [7, 11) is 0. The molecule has 2 atom stereocenters. The number of amides is 3. The van der Waals surface area contributed by atoms with Crippen LogP contribution in [-0.4, -0.2) is 41.8 Å². The number of hydrogen-bond donors (Lipinski definition) is 2. The summed E-state index contributed by atoms with van der Waals surface area (Å²) in [5, 5.41) is 2.82. The standard InChI is InChI=1S/C15H25N3O3/c1-10(19)17-13(11-5-2-3-6-11)15(21)18-8-4-7-12(9-18)14(16)20/h11-13H,2-9H2,1H3,(H2,16,20)(H,17,19). The van der Waals surface area contributed by atoms with E-state index >= 15 is 0 Å². The molecule has 1 aliphatic heterocycles. The highest BCUT2D eigenvalue weighted by molar-refractivity contribution is 5.88. The molecule has 21 heavy (non-hydrogen) atoms. The maximum Gasteiger partial charge on any atom is 0.245 e. The molecular formula is C15H25N3O3. The molecule has 1 aliphatic carbocycles. The van der Waals surface area contributed by atoms with Crippen molar-refractivity contribution in [3.63, 3.8) is 0 Å². The van der Waals surface area contributed by atoms with Crippen molar-refractivity contribution in [2.24, 2.45) is 17.6 Å². The van der Waals surface area contributed by atoms with Crippen LogP contribution in [-0.2, 0) is 14.4 Å². The third kappa shape index (κ3) is 3.95. The van der Waals surface area contributed by atoms with Crippen LogP contribution < -0.4 is 11.1 Å². The van der Waals surface area contributed by atoms with Gasteiger partial charge in [-0.25, -0.2) is 0 Å². The van der Waals surface area contributed by atoms with Gasteiger partial charge in [0.05, 0.1) is 5.92 Å². The molecule has 0 aromatic rings. The molecule has 1 heterocycles. The van der Waals surface area contributed by atoms with E-state index in [-0.39, 0.29) is 29.6 Å². The monoisotopic (exact) mass is 295 g/mol. The predicted molar refractivity (Wildman–Crippen MR) is 78.1 cm³/mol. The lowest BCUT2D eigenvalue weighted by atomic mass is 9.93. The van der Waals surface area contributed by atoms with Gasteiger partial charge in [-0.05, 0) is 31.6 Å². The minimum absolute atomic E-state index is 0.0527. The summed E-state index contributed by atoms with van der Waals surface area (Å²) in [4.78, 5) is 37.2. The molecular weight excluding hydrogens is 270 g/mol. The van der Waals surface area contributed by atoms with E-state index in [1.54, 1.807) is 4.90 Å². The molecule has 1 saturated heterocycles. The molecule has 6 heteroatoms. The van der Waals surface area contributed by atoms with Crippen LogP contribution in [0.4, 0.5) is 0 Å². The maximum absolute atomic E-state index is 12.7. The quantitative estimate of drug-likeness (QED) is 0.786. The van der Waals surface area contributed by atoms with Crippen molar-refractivity contribution in [2.75, 3.05) is 13.1 Å². The average molecular weight is 295 g/mol. The Morgan fingerprint density at radius 1 is 1.14 bits per heavy atom. The number of hydrogen-bond acceptors (Lipinski definition) is 3. The first-order valence-electron chi connectivity index (χ1n) is 7.84. The Balaban J connectivity index is 2.05. The van der Waals surface area contributed by atoms with Crippen LogP contribution in [0.2, 0.25) is 0 Å². The van der Waals surface area contributed by atoms with Crippen LogP contribution in [0.3, 0.4) is 0 Å². The highest BCUT2D eigenvalue weighted by Crippen LogP contribution is 2.29. The number of nitrogens with two attached hydrogens (primary N) is 1. The maximum atomic E-state index is 12.7. The lowest BCUT2D eigenvalue weighted by Crippen LogP contribution is -2.54. The van der Waals surface area contributed by atoms with E-state index in [0.717, 1.165) is 38.5 Å². The second-order valence-electron chi connectivity index (χ2n) is 6.25. The summed E-state index contributed by atoms with van der Waals surface area (Å²) in [5.74, 6) is -0.615. The van der Waals surface area contributed by atoms with Gasteiger partial charge in [0.1, 0.15) is 6.04 Å². The van der Waals surface area contributed by atoms with Gasteiger partial charge in [-0.1, -0.05) is 12.8 Å². The number of carbonyl (C=O) groups excluding carboxylic acids is 3. The van der Waals surface area contributed by atoms with Crippen LogP contribution in [0.5, 0.6) is 0 Å². The van der Waals surface area contributed by atoms with Gasteiger partial charge in [-0.15, -0.1) is 0 Å². The topological polar surface area (TPSA) is 92.5 Å². The molecule has 0 bridgehead atoms. The summed E-state index contributed by atoms with van der Waals surface area (Å²) >= 11 is 0. The van der Waals surface area contributed by atoms with E-state index in [4.69, 9.17) is 5.73 Å². The van der Waals surface area contributed by atoms with Gasteiger partial charge >= 0.3 is 0 Å². The largest absolute Gasteiger partial charge is 0.369 e. The zero-order valence-corrected chi connectivity index (χ0v) is 12.6. The Bertz CT molecular complexity index is 418. The van der Waals surface area contributed by atoms with Gasteiger partial charge in [0.25, 0.3) is 0 Å². The number of nitrogens with zero attached hydrogens (tertiary/aromatic N) is 1. The lowest BCUT2D eigenvalue weighted by Gasteiger charge is -2.35. The molecule has 0 spiro atoms. The number of rotatable bonds is 4. The van der Waals surface area contributed by atoms with Crippen LogP contribution in [0.1, 0.15) is 45.4 Å². The molecule has 3 N–H and O–H groups in total. The third-order valence-electron chi connectivity index (χ3n) is 4.63. The van der Waals surface area contributed by atoms with E-state index in [1.807, 2.05) is 0 Å². The van der Waals surface area contributed by atoms with Crippen molar-refractivity contribution in [2.45, 2.75) is 51.5 Å². The fraction of sp³-hybridized carbons (Fsp3) is 0.800. The Morgan fingerprint density at radius 3 is 2.38 bits per heavy atom. The van der Waals surface area contributed by atoms with Crippen molar-refractivity contribution in [3.05, 3.63) is 0 Å². The Labute approximate surface area is 125 Å². The van der Waals surface area contributed by atoms with Crippen molar-refractivity contribution in [3.8, 4) is 0 Å². The van der Waals surface area contributed by atoms with Crippen LogP contribution in [0.15, 0.2) is 0 Å². The van der Waals surface area contributed by atoms with E-state index in [0.29, 0.717) is 13.1 Å². The van der Waals surface area contributed by atoms with Crippen molar-refractivity contribution in [1.82, 2.24) is 10.2 Å². The molecule has 0 radical (unpaired) electrons. The minimum Gasteiger partial charge on any atom is -0.369 e. The molecule has 3 amide bonds. The second kappa shape index (κ2) is 6.91. The second-order valence-corrected chi connectivity index (χ2v) is 6.25. The molecule has 0 aromatic carbocycles. The number of primary amides is 1. The van der Waals surface area contributed by atoms with Crippen molar-refractivity contribution in [1.29, 1.82) is 0 Å². The Hall–Kier alpha value is -1.59. The molecule has 2 aliphatic rings. The number of nitrogens with one attached hydrogen (secondary N) is 1. The zero-order valence-electron chi connectivity index (χ0n) is 12.6. The first kappa shape index (κ1) is 15.8. The Morgan fingerprint density at radius 2 is 1.81 bits per heavy atom. The normalized spacial score (nSPS) is 24.6. The fourth-order valence-electron chi connectivity index (χ4n) is 3.50. The van der Waals surface area contributed by atoms with Gasteiger partial charge in [0, 0.05) is 20.0 Å². The predicted octanol–water partition coefficient (Wildman–Crippen LogP) is 0.405. The molecule has 6 nitrogen and oxygen atoms in total. The fourth-order valence-corrected chi connectivity index (χ4v) is 3.50. The van der Waals surface area contributed by atoms with E-state index in [9.17, 15) is 14.4 Å². The summed E-state index contributed by atoms with van der Waals surface area (Å²) in [5.41, 5.74) is 5.36. The van der Waals surface area contributed by atoms with Gasteiger partial charge in [-0.2, -0.15) is 0 Å². The summed E-state index contributed by atoms with van der Waals surface area (Å²) in [6, 6.07) is -0.448.